The molecule has 0 radical (unpaired) electrons. The zero-order chi connectivity index (χ0) is 10.6. The summed E-state index contributed by atoms with van der Waals surface area (Å²) in [6, 6.07) is 7.49. The fourth-order valence-electron chi connectivity index (χ4n) is 1.26. The van der Waals surface area contributed by atoms with Crippen molar-refractivity contribution < 1.29 is 4.39 Å². The molecule has 0 saturated heterocycles. The lowest BCUT2D eigenvalue weighted by Crippen LogP contribution is -2.28. The van der Waals surface area contributed by atoms with Gasteiger partial charge in [0.05, 0.1) is 0 Å². The number of rotatable bonds is 4. The molecule has 1 nitrogen and oxygen atoms in total. The lowest BCUT2D eigenvalue weighted by atomic mass is 10.1. The van der Waals surface area contributed by atoms with E-state index < -0.39 is 0 Å². The van der Waals surface area contributed by atoms with Crippen molar-refractivity contribution in [3.8, 4) is 0 Å². The van der Waals surface area contributed by atoms with E-state index in [0.717, 1.165) is 18.5 Å². The van der Waals surface area contributed by atoms with Crippen LogP contribution in [0.4, 0.5) is 4.39 Å². The molecule has 1 aromatic carbocycles. The number of benzene rings is 1. The molecule has 0 aliphatic rings. The first-order valence-corrected chi connectivity index (χ1v) is 5.05. The van der Waals surface area contributed by atoms with Gasteiger partial charge in [-0.3, -0.25) is 0 Å². The maximum Gasteiger partial charge on any atom is 0.126 e. The highest BCUT2D eigenvalue weighted by molar-refractivity contribution is 5.17. The van der Waals surface area contributed by atoms with Gasteiger partial charge in [0, 0.05) is 12.6 Å². The molecule has 1 rings (SSSR count). The number of likely N-dealkylation sites (N-methyl/N-ethyl adjacent to an activating group) is 1. The number of hydrogen-bond acceptors (Lipinski definition) is 1. The lowest BCUT2D eigenvalue weighted by molar-refractivity contribution is 0.276. The Balaban J connectivity index is 2.50. The van der Waals surface area contributed by atoms with E-state index in [-0.39, 0.29) is 5.82 Å². The van der Waals surface area contributed by atoms with Crippen molar-refractivity contribution in [2.45, 2.75) is 26.3 Å². The maximum atomic E-state index is 13.2. The first kappa shape index (κ1) is 11.2. The first-order chi connectivity index (χ1) is 6.61. The molecule has 2 heteroatoms. The number of hydrogen-bond donors (Lipinski definition) is 0. The fourth-order valence-corrected chi connectivity index (χ4v) is 1.26. The van der Waals surface area contributed by atoms with Crippen LogP contribution in [0, 0.1) is 5.82 Å². The van der Waals surface area contributed by atoms with E-state index in [1.165, 1.54) is 6.07 Å². The molecule has 1 aromatic rings. The van der Waals surface area contributed by atoms with Crippen molar-refractivity contribution in [1.29, 1.82) is 0 Å². The predicted octanol–water partition coefficient (Wildman–Crippen LogP) is 2.71. The molecule has 0 bridgehead atoms. The van der Waals surface area contributed by atoms with Crippen LogP contribution in [-0.4, -0.2) is 24.5 Å². The van der Waals surface area contributed by atoms with Crippen molar-refractivity contribution in [3.05, 3.63) is 35.6 Å². The average molecular weight is 195 g/mol. The van der Waals surface area contributed by atoms with Gasteiger partial charge < -0.3 is 4.90 Å². The van der Waals surface area contributed by atoms with Crippen LogP contribution in [0.15, 0.2) is 24.3 Å². The van der Waals surface area contributed by atoms with E-state index in [1.54, 1.807) is 6.07 Å². The molecule has 0 aliphatic heterocycles. The summed E-state index contributed by atoms with van der Waals surface area (Å²) in [7, 11) is 2.06. The minimum absolute atomic E-state index is 0.0929. The molecule has 0 aliphatic carbocycles. The lowest BCUT2D eigenvalue weighted by Gasteiger charge is -2.20. The van der Waals surface area contributed by atoms with Gasteiger partial charge in [0.25, 0.3) is 0 Å². The second-order valence-corrected chi connectivity index (χ2v) is 3.92. The van der Waals surface area contributed by atoms with E-state index in [1.807, 2.05) is 12.1 Å². The molecule has 0 spiro atoms. The van der Waals surface area contributed by atoms with Crippen molar-refractivity contribution >= 4 is 0 Å². The van der Waals surface area contributed by atoms with Gasteiger partial charge in [0.1, 0.15) is 5.82 Å². The minimum atomic E-state index is -0.0929. The van der Waals surface area contributed by atoms with E-state index in [0.29, 0.717) is 6.04 Å². The monoisotopic (exact) mass is 195 g/mol. The Morgan fingerprint density at radius 3 is 2.50 bits per heavy atom. The first-order valence-electron chi connectivity index (χ1n) is 5.05. The number of nitrogens with zero attached hydrogens (tertiary/aromatic N) is 1. The van der Waals surface area contributed by atoms with E-state index in [2.05, 4.69) is 25.8 Å². The third kappa shape index (κ3) is 3.11. The molecule has 0 heterocycles. The van der Waals surface area contributed by atoms with Gasteiger partial charge in [0.2, 0.25) is 0 Å². The van der Waals surface area contributed by atoms with Gasteiger partial charge in [-0.15, -0.1) is 0 Å². The molecule has 0 aromatic heterocycles. The third-order valence-corrected chi connectivity index (χ3v) is 2.57. The van der Waals surface area contributed by atoms with Crippen LogP contribution >= 0.6 is 0 Å². The van der Waals surface area contributed by atoms with Crippen LogP contribution in [0.1, 0.15) is 19.4 Å². The van der Waals surface area contributed by atoms with Crippen molar-refractivity contribution in [2.24, 2.45) is 0 Å². The van der Waals surface area contributed by atoms with Crippen LogP contribution < -0.4 is 0 Å². The van der Waals surface area contributed by atoms with Gasteiger partial charge >= 0.3 is 0 Å². The molecular weight excluding hydrogens is 177 g/mol. The van der Waals surface area contributed by atoms with Crippen LogP contribution in [-0.2, 0) is 6.42 Å². The standard InChI is InChI=1S/C12H18FN/c1-10(2)14(3)9-8-11-6-4-5-7-12(11)13/h4-7,10H,8-9H2,1-3H3. The summed E-state index contributed by atoms with van der Waals surface area (Å²) in [6.07, 6.45) is 0.779. The second kappa shape index (κ2) is 5.11. The summed E-state index contributed by atoms with van der Waals surface area (Å²) < 4.78 is 13.2. The zero-order valence-corrected chi connectivity index (χ0v) is 9.13. The largest absolute Gasteiger partial charge is 0.304 e. The molecule has 0 atom stereocenters. The van der Waals surface area contributed by atoms with Crippen LogP contribution in [0.25, 0.3) is 0 Å². The van der Waals surface area contributed by atoms with Crippen molar-refractivity contribution in [2.75, 3.05) is 13.6 Å². The smallest absolute Gasteiger partial charge is 0.126 e. The van der Waals surface area contributed by atoms with Crippen LogP contribution in [0.2, 0.25) is 0 Å². The molecule has 0 unspecified atom stereocenters. The van der Waals surface area contributed by atoms with Gasteiger partial charge in [-0.1, -0.05) is 18.2 Å². The van der Waals surface area contributed by atoms with Crippen LogP contribution in [0.5, 0.6) is 0 Å². The summed E-state index contributed by atoms with van der Waals surface area (Å²) in [5.74, 6) is -0.0929. The Kier molecular flexibility index (Phi) is 4.08. The Morgan fingerprint density at radius 2 is 1.93 bits per heavy atom. The average Bonchev–Trinajstić information content (AvgIpc) is 2.16. The Bertz CT molecular complexity index is 283. The quantitative estimate of drug-likeness (QED) is 0.714. The normalized spacial score (nSPS) is 11.3. The molecule has 78 valence electrons. The topological polar surface area (TPSA) is 3.24 Å². The second-order valence-electron chi connectivity index (χ2n) is 3.92. The highest BCUT2D eigenvalue weighted by atomic mass is 19.1. The maximum absolute atomic E-state index is 13.2. The molecule has 0 amide bonds. The fraction of sp³-hybridized carbons (Fsp3) is 0.500. The van der Waals surface area contributed by atoms with E-state index in [4.69, 9.17) is 0 Å². The highest BCUT2D eigenvalue weighted by Crippen LogP contribution is 2.08. The van der Waals surface area contributed by atoms with Crippen molar-refractivity contribution in [3.63, 3.8) is 0 Å². The molecule has 0 saturated carbocycles. The molecule has 14 heavy (non-hydrogen) atoms. The van der Waals surface area contributed by atoms with Gasteiger partial charge in [-0.25, -0.2) is 4.39 Å². The van der Waals surface area contributed by atoms with Gasteiger partial charge in [-0.2, -0.15) is 0 Å². The Morgan fingerprint density at radius 1 is 1.29 bits per heavy atom. The highest BCUT2D eigenvalue weighted by Gasteiger charge is 2.05. The summed E-state index contributed by atoms with van der Waals surface area (Å²) in [5, 5.41) is 0. The summed E-state index contributed by atoms with van der Waals surface area (Å²) in [5.41, 5.74) is 0.806. The predicted molar refractivity (Wildman–Crippen MR) is 57.9 cm³/mol. The van der Waals surface area contributed by atoms with E-state index >= 15 is 0 Å². The summed E-state index contributed by atoms with van der Waals surface area (Å²) >= 11 is 0. The Hall–Kier alpha value is -0.890. The van der Waals surface area contributed by atoms with E-state index in [9.17, 15) is 4.39 Å². The summed E-state index contributed by atoms with van der Waals surface area (Å²) in [6.45, 7) is 5.18. The molecule has 0 fully saturated rings. The van der Waals surface area contributed by atoms with Gasteiger partial charge in [-0.05, 0) is 38.9 Å². The summed E-state index contributed by atoms with van der Waals surface area (Å²) in [4.78, 5) is 2.21. The minimum Gasteiger partial charge on any atom is -0.304 e. The van der Waals surface area contributed by atoms with Crippen molar-refractivity contribution in [1.82, 2.24) is 4.90 Å². The number of halogens is 1. The van der Waals surface area contributed by atoms with Crippen LogP contribution in [0.3, 0.4) is 0 Å². The molecule has 0 N–H and O–H groups in total. The third-order valence-electron chi connectivity index (χ3n) is 2.57. The SMILES string of the molecule is CC(C)N(C)CCc1ccccc1F. The molecular formula is C12H18FN. The Labute approximate surface area is 85.5 Å². The van der Waals surface area contributed by atoms with Gasteiger partial charge in [0.15, 0.2) is 0 Å². The zero-order valence-electron chi connectivity index (χ0n) is 9.13.